The van der Waals surface area contributed by atoms with Gasteiger partial charge in [-0.05, 0) is 48.6 Å². The summed E-state index contributed by atoms with van der Waals surface area (Å²) in [7, 11) is 0. The number of alkyl halides is 9. The summed E-state index contributed by atoms with van der Waals surface area (Å²) in [6.07, 6.45) is -13.4. The Bertz CT molecular complexity index is 945. The Hall–Kier alpha value is -1.90. The highest BCUT2D eigenvalue weighted by atomic mass is 35.5. The monoisotopic (exact) mass is 462 g/mol. The second-order valence-corrected chi connectivity index (χ2v) is 7.25. The van der Waals surface area contributed by atoms with Crippen molar-refractivity contribution in [1.29, 1.82) is 0 Å². The van der Waals surface area contributed by atoms with Gasteiger partial charge in [-0.15, -0.1) is 0 Å². The first-order chi connectivity index (χ1) is 13.5. The lowest BCUT2D eigenvalue weighted by atomic mass is 9.78. The smallest absolute Gasteiger partial charge is 0.221 e. The third-order valence-corrected chi connectivity index (χ3v) is 5.24. The van der Waals surface area contributed by atoms with Crippen LogP contribution in [0.25, 0.3) is 11.1 Å². The molecule has 0 fully saturated rings. The van der Waals surface area contributed by atoms with Gasteiger partial charge in [-0.1, -0.05) is 48.4 Å². The van der Waals surface area contributed by atoms with Crippen molar-refractivity contribution in [3.8, 4) is 11.1 Å². The normalized spacial score (nSPS) is 15.2. The average Bonchev–Trinajstić information content (AvgIpc) is 2.60. The van der Waals surface area contributed by atoms with Crippen LogP contribution in [0.2, 0.25) is 5.02 Å². The molecular formula is C20H16ClF9. The van der Waals surface area contributed by atoms with E-state index in [1.165, 1.54) is 45.0 Å². The predicted octanol–water partition coefficient (Wildman–Crippen LogP) is 8.11. The fourth-order valence-electron chi connectivity index (χ4n) is 3.30. The molecule has 0 saturated heterocycles. The van der Waals surface area contributed by atoms with E-state index in [2.05, 4.69) is 0 Å². The summed E-state index contributed by atoms with van der Waals surface area (Å²) in [5, 5.41) is 0.0279. The summed E-state index contributed by atoms with van der Waals surface area (Å²) in [5.41, 5.74) is -8.71. The fraction of sp³-hybridized carbons (Fsp3) is 0.400. The van der Waals surface area contributed by atoms with Gasteiger partial charge >= 0.3 is 23.9 Å². The van der Waals surface area contributed by atoms with Crippen molar-refractivity contribution in [1.82, 2.24) is 0 Å². The topological polar surface area (TPSA) is 0 Å². The summed E-state index contributed by atoms with van der Waals surface area (Å²) in [6.45, 7) is 3.98. The van der Waals surface area contributed by atoms with Crippen molar-refractivity contribution in [2.45, 2.75) is 51.1 Å². The third kappa shape index (κ3) is 3.65. The van der Waals surface area contributed by atoms with Crippen LogP contribution in [0.4, 0.5) is 39.5 Å². The Kier molecular flexibility index (Phi) is 6.22. The Morgan fingerprint density at radius 2 is 1.40 bits per heavy atom. The van der Waals surface area contributed by atoms with Crippen molar-refractivity contribution in [2.24, 2.45) is 0 Å². The molecule has 0 amide bonds. The highest BCUT2D eigenvalue weighted by Gasteiger charge is 2.82. The van der Waals surface area contributed by atoms with E-state index < -0.39 is 35.1 Å². The van der Waals surface area contributed by atoms with Gasteiger partial charge in [-0.3, -0.25) is 0 Å². The minimum atomic E-state index is -6.80. The van der Waals surface area contributed by atoms with Crippen molar-refractivity contribution in [3.63, 3.8) is 0 Å². The molecule has 0 aliphatic heterocycles. The second kappa shape index (κ2) is 7.66. The van der Waals surface area contributed by atoms with Gasteiger partial charge < -0.3 is 0 Å². The lowest BCUT2D eigenvalue weighted by Crippen LogP contribution is -2.60. The molecule has 0 radical (unpaired) electrons. The molecule has 0 aromatic heterocycles. The van der Waals surface area contributed by atoms with Crippen LogP contribution in [0.15, 0.2) is 30.3 Å². The maximum absolute atomic E-state index is 15.4. The Labute approximate surface area is 171 Å². The summed E-state index contributed by atoms with van der Waals surface area (Å²) in [4.78, 5) is 0. The Morgan fingerprint density at radius 1 is 0.833 bits per heavy atom. The van der Waals surface area contributed by atoms with Crippen LogP contribution in [0.3, 0.4) is 0 Å². The average molecular weight is 463 g/mol. The quantitative estimate of drug-likeness (QED) is 0.402. The minimum absolute atomic E-state index is 0.0279. The number of rotatable bonds is 4. The predicted molar refractivity (Wildman–Crippen MR) is 95.6 cm³/mol. The zero-order valence-electron chi connectivity index (χ0n) is 15.9. The minimum Gasteiger partial charge on any atom is -0.221 e. The van der Waals surface area contributed by atoms with Crippen molar-refractivity contribution in [2.75, 3.05) is 0 Å². The number of benzene rings is 2. The van der Waals surface area contributed by atoms with E-state index in [-0.39, 0.29) is 33.7 Å². The van der Waals surface area contributed by atoms with Crippen molar-refractivity contribution in [3.05, 3.63) is 57.6 Å². The lowest BCUT2D eigenvalue weighted by molar-refractivity contribution is -0.389. The molecule has 0 bridgehead atoms. The highest BCUT2D eigenvalue weighted by Crippen LogP contribution is 2.60. The number of aryl methyl sites for hydroxylation is 2. The maximum atomic E-state index is 15.4. The first-order valence-electron chi connectivity index (χ1n) is 8.60. The van der Waals surface area contributed by atoms with E-state index in [1.54, 1.807) is 0 Å². The largest absolute Gasteiger partial charge is 0.457 e. The summed E-state index contributed by atoms with van der Waals surface area (Å²) in [6, 6.07) is 5.51. The van der Waals surface area contributed by atoms with E-state index in [9.17, 15) is 35.1 Å². The van der Waals surface area contributed by atoms with Crippen LogP contribution >= 0.6 is 11.6 Å². The zero-order chi connectivity index (χ0) is 23.3. The molecule has 2 rings (SSSR count). The molecule has 0 heterocycles. The number of hydrogen-bond acceptors (Lipinski definition) is 0. The van der Waals surface area contributed by atoms with E-state index in [0.29, 0.717) is 6.07 Å². The molecule has 1 unspecified atom stereocenters. The van der Waals surface area contributed by atoms with Crippen LogP contribution in [-0.4, -0.2) is 18.3 Å². The van der Waals surface area contributed by atoms with Gasteiger partial charge in [0, 0.05) is 10.6 Å². The standard InChI is InChI=1S/C20H16ClF9/c1-4-12-8-10(2)9-14(16(12)13-6-5-7-15(21)11(13)3)17(22,19(25,26)27)18(23,24)20(28,29)30/h5-9H,4H2,1-3H3. The number of halogens is 10. The molecule has 0 saturated carbocycles. The van der Waals surface area contributed by atoms with Crippen LogP contribution in [-0.2, 0) is 12.1 Å². The van der Waals surface area contributed by atoms with E-state index in [1.807, 2.05) is 0 Å². The molecule has 2 aromatic rings. The molecule has 166 valence electrons. The van der Waals surface area contributed by atoms with E-state index in [0.717, 1.165) is 0 Å². The van der Waals surface area contributed by atoms with Crippen LogP contribution < -0.4 is 0 Å². The van der Waals surface area contributed by atoms with Crippen LogP contribution in [0.1, 0.15) is 29.2 Å². The Morgan fingerprint density at radius 3 is 1.87 bits per heavy atom. The number of hydrogen-bond donors (Lipinski definition) is 0. The van der Waals surface area contributed by atoms with Crippen LogP contribution in [0.5, 0.6) is 0 Å². The molecule has 30 heavy (non-hydrogen) atoms. The van der Waals surface area contributed by atoms with E-state index in [4.69, 9.17) is 11.6 Å². The van der Waals surface area contributed by atoms with Gasteiger partial charge in [0.2, 0.25) is 0 Å². The Balaban J connectivity index is 3.11. The molecule has 0 N–H and O–H groups in total. The zero-order valence-corrected chi connectivity index (χ0v) is 16.6. The van der Waals surface area contributed by atoms with E-state index >= 15 is 4.39 Å². The fourth-order valence-corrected chi connectivity index (χ4v) is 3.48. The van der Waals surface area contributed by atoms with Crippen LogP contribution in [0, 0.1) is 13.8 Å². The van der Waals surface area contributed by atoms with Gasteiger partial charge in [0.1, 0.15) is 0 Å². The lowest BCUT2D eigenvalue weighted by Gasteiger charge is -2.38. The third-order valence-electron chi connectivity index (χ3n) is 4.83. The summed E-state index contributed by atoms with van der Waals surface area (Å²) in [5.74, 6) is -6.75. The van der Waals surface area contributed by atoms with Crippen molar-refractivity contribution < 1.29 is 39.5 Å². The van der Waals surface area contributed by atoms with Gasteiger partial charge in [-0.25, -0.2) is 4.39 Å². The molecule has 0 aliphatic rings. The first kappa shape index (κ1) is 24.4. The van der Waals surface area contributed by atoms with Crippen molar-refractivity contribution >= 4 is 11.6 Å². The summed E-state index contributed by atoms with van der Waals surface area (Å²) < 4.78 is 124. The first-order valence-corrected chi connectivity index (χ1v) is 8.98. The molecular weight excluding hydrogens is 447 g/mol. The second-order valence-electron chi connectivity index (χ2n) is 6.84. The molecule has 1 atom stereocenters. The van der Waals surface area contributed by atoms with Gasteiger partial charge in [-0.2, -0.15) is 35.1 Å². The molecule has 0 spiro atoms. The van der Waals surface area contributed by atoms with Gasteiger partial charge in [0.05, 0.1) is 0 Å². The maximum Gasteiger partial charge on any atom is 0.457 e. The van der Waals surface area contributed by atoms with Gasteiger partial charge in [0.15, 0.2) is 0 Å². The molecule has 10 heteroatoms. The SMILES string of the molecule is CCc1cc(C)cc(C(F)(C(F)(F)F)C(F)(F)C(F)(F)F)c1-c1cccc(Cl)c1C. The highest BCUT2D eigenvalue weighted by molar-refractivity contribution is 6.31. The molecule has 0 nitrogen and oxygen atoms in total. The molecule has 0 aliphatic carbocycles. The molecule has 2 aromatic carbocycles. The van der Waals surface area contributed by atoms with Gasteiger partial charge in [0.25, 0.3) is 0 Å². The summed E-state index contributed by atoms with van der Waals surface area (Å²) >= 11 is 5.97.